The second-order valence-corrected chi connectivity index (χ2v) is 7.29. The Labute approximate surface area is 158 Å². The van der Waals surface area contributed by atoms with E-state index in [1.54, 1.807) is 6.20 Å². The van der Waals surface area contributed by atoms with Gasteiger partial charge >= 0.3 is 5.97 Å². The van der Waals surface area contributed by atoms with Crippen LogP contribution < -0.4 is 15.0 Å². The summed E-state index contributed by atoms with van der Waals surface area (Å²) in [5, 5.41) is 13.2. The average Bonchev–Trinajstić information content (AvgIpc) is 2.73. The zero-order valence-electron chi connectivity index (χ0n) is 15.2. The van der Waals surface area contributed by atoms with Crippen molar-refractivity contribution in [1.29, 1.82) is 0 Å². The number of aromatic nitrogens is 2. The molecule has 0 amide bonds. The minimum atomic E-state index is -0.863. The summed E-state index contributed by atoms with van der Waals surface area (Å²) in [4.78, 5) is 22.3. The molecule has 1 aromatic carbocycles. The molecule has 0 radical (unpaired) electrons. The van der Waals surface area contributed by atoms with Crippen molar-refractivity contribution >= 4 is 11.8 Å². The molecule has 2 aromatic rings. The Morgan fingerprint density at radius 3 is 2.85 bits per heavy atom. The maximum Gasteiger partial charge on any atom is 0.313 e. The Bertz CT molecular complexity index is 804. The lowest BCUT2D eigenvalue weighted by molar-refractivity contribution is -0.152. The van der Waals surface area contributed by atoms with Crippen LogP contribution in [0.15, 0.2) is 36.8 Å². The van der Waals surface area contributed by atoms with E-state index in [9.17, 15) is 9.90 Å². The van der Waals surface area contributed by atoms with Crippen LogP contribution in [0, 0.1) is 5.41 Å². The monoisotopic (exact) mass is 368 g/mol. The number of rotatable bonds is 5. The third kappa shape index (κ3) is 3.73. The normalized spacial score (nSPS) is 18.6. The van der Waals surface area contributed by atoms with Crippen LogP contribution in [0.25, 0.3) is 0 Å². The molecule has 7 nitrogen and oxygen atoms in total. The van der Waals surface area contributed by atoms with E-state index in [2.05, 4.69) is 26.3 Å². The van der Waals surface area contributed by atoms with Crippen molar-refractivity contribution in [2.45, 2.75) is 25.8 Å². The van der Waals surface area contributed by atoms with Crippen LogP contribution in [-0.2, 0) is 17.8 Å². The molecule has 2 aliphatic rings. The van der Waals surface area contributed by atoms with E-state index in [-0.39, 0.29) is 6.61 Å². The van der Waals surface area contributed by atoms with E-state index >= 15 is 0 Å². The average molecular weight is 368 g/mol. The van der Waals surface area contributed by atoms with Gasteiger partial charge in [-0.2, -0.15) is 0 Å². The number of fused-ring (bicyclic) bond motifs is 1. The molecular weight excluding hydrogens is 344 g/mol. The van der Waals surface area contributed by atoms with Gasteiger partial charge in [0.05, 0.1) is 0 Å². The molecule has 1 aromatic heterocycles. The molecule has 0 spiro atoms. The number of anilines is 1. The van der Waals surface area contributed by atoms with Gasteiger partial charge < -0.3 is 20.1 Å². The highest BCUT2D eigenvalue weighted by Crippen LogP contribution is 2.34. The second kappa shape index (κ2) is 7.52. The van der Waals surface area contributed by atoms with E-state index < -0.39 is 11.4 Å². The van der Waals surface area contributed by atoms with Gasteiger partial charge in [0.2, 0.25) is 0 Å². The quantitative estimate of drug-likeness (QED) is 0.833. The zero-order valence-corrected chi connectivity index (χ0v) is 15.2. The predicted octanol–water partition coefficient (Wildman–Crippen LogP) is 1.87. The van der Waals surface area contributed by atoms with Crippen LogP contribution >= 0.6 is 0 Å². The number of ether oxygens (including phenoxy) is 1. The first kappa shape index (κ1) is 17.7. The van der Waals surface area contributed by atoms with Crippen LogP contribution in [0.1, 0.15) is 24.0 Å². The van der Waals surface area contributed by atoms with E-state index in [1.165, 1.54) is 17.5 Å². The van der Waals surface area contributed by atoms with E-state index in [4.69, 9.17) is 4.74 Å². The number of carboxylic acids is 1. The standard InChI is InChI=1S/C20H24N4O3/c25-19(26)20(5-9-24(10-6-20)18-4-8-22-14-23-18)13-27-17-2-1-15-3-7-21-12-16(15)11-17/h1-2,4,8,11,14,21H,3,5-7,9-10,12-13H2,(H,25,26). The fourth-order valence-electron chi connectivity index (χ4n) is 3.82. The predicted molar refractivity (Wildman–Crippen MR) is 101 cm³/mol. The third-order valence-electron chi connectivity index (χ3n) is 5.64. The van der Waals surface area contributed by atoms with E-state index in [1.807, 2.05) is 18.2 Å². The molecule has 7 heteroatoms. The molecule has 0 unspecified atom stereocenters. The smallest absolute Gasteiger partial charge is 0.313 e. The number of carbonyl (C=O) groups is 1. The fourth-order valence-corrected chi connectivity index (χ4v) is 3.82. The van der Waals surface area contributed by atoms with Crippen molar-refractivity contribution in [3.05, 3.63) is 47.9 Å². The molecule has 0 bridgehead atoms. The molecule has 2 N–H and O–H groups in total. The van der Waals surface area contributed by atoms with Gasteiger partial charge in [-0.25, -0.2) is 9.97 Å². The summed E-state index contributed by atoms with van der Waals surface area (Å²) in [6.07, 6.45) is 5.29. The van der Waals surface area contributed by atoms with Crippen molar-refractivity contribution < 1.29 is 14.6 Å². The van der Waals surface area contributed by atoms with Gasteiger partial charge in [-0.1, -0.05) is 6.07 Å². The molecule has 1 fully saturated rings. The Kier molecular flexibility index (Phi) is 4.94. The number of aliphatic carboxylic acids is 1. The van der Waals surface area contributed by atoms with Crippen molar-refractivity contribution in [2.24, 2.45) is 5.41 Å². The van der Waals surface area contributed by atoms with Gasteiger partial charge in [-0.15, -0.1) is 0 Å². The lowest BCUT2D eigenvalue weighted by Crippen LogP contribution is -2.48. The first-order valence-electron chi connectivity index (χ1n) is 9.36. The van der Waals surface area contributed by atoms with Gasteiger partial charge in [0, 0.05) is 25.8 Å². The van der Waals surface area contributed by atoms with Crippen molar-refractivity contribution in [2.75, 3.05) is 31.1 Å². The van der Waals surface area contributed by atoms with Gasteiger partial charge in [0.1, 0.15) is 29.9 Å². The van der Waals surface area contributed by atoms with Crippen LogP contribution in [-0.4, -0.2) is 47.3 Å². The highest BCUT2D eigenvalue weighted by atomic mass is 16.5. The number of benzene rings is 1. The van der Waals surface area contributed by atoms with E-state index in [0.29, 0.717) is 25.9 Å². The molecule has 3 heterocycles. The van der Waals surface area contributed by atoms with Crippen LogP contribution in [0.4, 0.5) is 5.82 Å². The highest BCUT2D eigenvalue weighted by Gasteiger charge is 2.42. The largest absolute Gasteiger partial charge is 0.492 e. The Hall–Kier alpha value is -2.67. The molecule has 27 heavy (non-hydrogen) atoms. The molecular formula is C20H24N4O3. The number of piperidine rings is 1. The lowest BCUT2D eigenvalue weighted by Gasteiger charge is -2.39. The number of hydrogen-bond acceptors (Lipinski definition) is 6. The Morgan fingerprint density at radius 1 is 1.26 bits per heavy atom. The topological polar surface area (TPSA) is 87.6 Å². The minimum absolute atomic E-state index is 0.187. The summed E-state index contributed by atoms with van der Waals surface area (Å²) in [6, 6.07) is 7.94. The summed E-state index contributed by atoms with van der Waals surface area (Å²) in [6.45, 7) is 3.30. The third-order valence-corrected chi connectivity index (χ3v) is 5.64. The summed E-state index contributed by atoms with van der Waals surface area (Å²) in [7, 11) is 0. The van der Waals surface area contributed by atoms with Crippen LogP contribution in [0.2, 0.25) is 0 Å². The highest BCUT2D eigenvalue weighted by molar-refractivity contribution is 5.75. The van der Waals surface area contributed by atoms with Crippen molar-refractivity contribution in [1.82, 2.24) is 15.3 Å². The second-order valence-electron chi connectivity index (χ2n) is 7.29. The van der Waals surface area contributed by atoms with Crippen LogP contribution in [0.5, 0.6) is 5.75 Å². The summed E-state index contributed by atoms with van der Waals surface area (Å²) >= 11 is 0. The Balaban J connectivity index is 1.42. The zero-order chi connectivity index (χ0) is 18.7. The molecule has 0 atom stereocenters. The summed E-state index contributed by atoms with van der Waals surface area (Å²) < 4.78 is 5.96. The molecule has 142 valence electrons. The van der Waals surface area contributed by atoms with Crippen molar-refractivity contribution in [3.8, 4) is 5.75 Å². The molecule has 0 saturated carbocycles. The van der Waals surface area contributed by atoms with Gasteiger partial charge in [-0.05, 0) is 55.1 Å². The maximum absolute atomic E-state index is 12.0. The number of hydrogen-bond donors (Lipinski definition) is 2. The first-order chi connectivity index (χ1) is 13.2. The molecule has 4 rings (SSSR count). The van der Waals surface area contributed by atoms with Gasteiger partial charge in [-0.3, -0.25) is 4.79 Å². The molecule has 1 saturated heterocycles. The first-order valence-corrected chi connectivity index (χ1v) is 9.36. The Morgan fingerprint density at radius 2 is 2.11 bits per heavy atom. The summed E-state index contributed by atoms with van der Waals surface area (Å²) in [5.74, 6) is 0.799. The number of carboxylic acid groups (broad SMARTS) is 1. The SMILES string of the molecule is O=C(O)C1(COc2ccc3c(c2)CNCC3)CCN(c2ccncn2)CC1. The van der Waals surface area contributed by atoms with Gasteiger partial charge in [0.25, 0.3) is 0 Å². The van der Waals surface area contributed by atoms with E-state index in [0.717, 1.165) is 31.1 Å². The minimum Gasteiger partial charge on any atom is -0.492 e. The maximum atomic E-state index is 12.0. The van der Waals surface area contributed by atoms with Crippen molar-refractivity contribution in [3.63, 3.8) is 0 Å². The lowest BCUT2D eigenvalue weighted by atomic mass is 9.79. The summed E-state index contributed by atoms with van der Waals surface area (Å²) in [5.41, 5.74) is 1.71. The number of nitrogens with one attached hydrogen (secondary N) is 1. The molecule has 0 aliphatic carbocycles. The van der Waals surface area contributed by atoms with Gasteiger partial charge in [0.15, 0.2) is 0 Å². The van der Waals surface area contributed by atoms with Crippen LogP contribution in [0.3, 0.4) is 0 Å². The fraction of sp³-hybridized carbons (Fsp3) is 0.450. The number of nitrogens with zero attached hydrogens (tertiary/aromatic N) is 3. The molecule has 2 aliphatic heterocycles.